The molecule has 1 aliphatic heterocycles. The highest BCUT2D eigenvalue weighted by molar-refractivity contribution is 7.10. The highest BCUT2D eigenvalue weighted by Crippen LogP contribution is 2.33. The van der Waals surface area contributed by atoms with Gasteiger partial charge in [0.25, 0.3) is 5.56 Å². The fourth-order valence-corrected chi connectivity index (χ4v) is 5.16. The third kappa shape index (κ3) is 4.28. The van der Waals surface area contributed by atoms with E-state index in [-0.39, 0.29) is 12.2 Å². The standard InChI is InChI=1S/C24H20N2O3S2/c1-3-14-29-23(28)20-16(2)25-24-26(21(20)18-13-8-15-30-18)22(27)19(31-24)12-7-11-17-9-5-4-6-10-17/h3-13,15,21H,1,14H2,2H3/b11-7+,19-12-/t21-/m1/s1. The van der Waals surface area contributed by atoms with E-state index in [1.807, 2.05) is 60.0 Å². The Morgan fingerprint density at radius 3 is 2.77 bits per heavy atom. The van der Waals surface area contributed by atoms with Crippen LogP contribution in [0.5, 0.6) is 0 Å². The van der Waals surface area contributed by atoms with E-state index in [0.29, 0.717) is 20.6 Å². The molecule has 3 heterocycles. The molecule has 0 saturated carbocycles. The van der Waals surface area contributed by atoms with Crippen molar-refractivity contribution in [1.29, 1.82) is 0 Å². The number of fused-ring (bicyclic) bond motifs is 1. The molecule has 4 rings (SSSR count). The summed E-state index contributed by atoms with van der Waals surface area (Å²) in [6.07, 6.45) is 7.10. The van der Waals surface area contributed by atoms with Crippen LogP contribution >= 0.6 is 22.7 Å². The molecular weight excluding hydrogens is 428 g/mol. The van der Waals surface area contributed by atoms with Crippen LogP contribution in [0.15, 0.2) is 87.6 Å². The Bertz CT molecular complexity index is 1340. The van der Waals surface area contributed by atoms with E-state index in [9.17, 15) is 9.59 Å². The summed E-state index contributed by atoms with van der Waals surface area (Å²) in [4.78, 5) is 32.1. The summed E-state index contributed by atoms with van der Waals surface area (Å²) in [5, 5.41) is 1.93. The molecule has 7 heteroatoms. The van der Waals surface area contributed by atoms with Crippen molar-refractivity contribution >= 4 is 40.8 Å². The molecule has 156 valence electrons. The van der Waals surface area contributed by atoms with Crippen LogP contribution in [0.2, 0.25) is 0 Å². The predicted octanol–water partition coefficient (Wildman–Crippen LogP) is 3.69. The molecule has 0 radical (unpaired) electrons. The highest BCUT2D eigenvalue weighted by atomic mass is 32.1. The zero-order chi connectivity index (χ0) is 21.8. The van der Waals surface area contributed by atoms with E-state index < -0.39 is 12.0 Å². The number of thiazole rings is 1. The largest absolute Gasteiger partial charge is 0.458 e. The van der Waals surface area contributed by atoms with Gasteiger partial charge in [0.15, 0.2) is 4.80 Å². The van der Waals surface area contributed by atoms with Gasteiger partial charge in [-0.15, -0.1) is 11.3 Å². The first-order valence-corrected chi connectivity index (χ1v) is 11.4. The first-order chi connectivity index (χ1) is 15.1. The third-order valence-electron chi connectivity index (χ3n) is 4.72. The maximum absolute atomic E-state index is 13.3. The minimum absolute atomic E-state index is 0.0987. The average molecular weight is 449 g/mol. The maximum atomic E-state index is 13.3. The number of carbonyl (C=O) groups is 1. The van der Waals surface area contributed by atoms with Gasteiger partial charge in [-0.2, -0.15) is 0 Å². The van der Waals surface area contributed by atoms with E-state index in [2.05, 4.69) is 11.6 Å². The number of thiophene rings is 1. The molecule has 5 nitrogen and oxygen atoms in total. The van der Waals surface area contributed by atoms with Gasteiger partial charge in [0, 0.05) is 4.88 Å². The summed E-state index contributed by atoms with van der Waals surface area (Å²) in [6, 6.07) is 13.1. The lowest BCUT2D eigenvalue weighted by atomic mass is 10.0. The van der Waals surface area contributed by atoms with Crippen molar-refractivity contribution in [2.24, 2.45) is 4.99 Å². The molecule has 0 bridgehead atoms. The van der Waals surface area contributed by atoms with Crippen LogP contribution in [0.25, 0.3) is 12.2 Å². The van der Waals surface area contributed by atoms with Gasteiger partial charge in [0.2, 0.25) is 0 Å². The van der Waals surface area contributed by atoms with E-state index in [0.717, 1.165) is 10.4 Å². The van der Waals surface area contributed by atoms with Gasteiger partial charge in [-0.3, -0.25) is 9.36 Å². The molecule has 0 spiro atoms. The van der Waals surface area contributed by atoms with Gasteiger partial charge in [0.05, 0.1) is 15.8 Å². The van der Waals surface area contributed by atoms with Crippen molar-refractivity contribution in [1.82, 2.24) is 4.57 Å². The predicted molar refractivity (Wildman–Crippen MR) is 126 cm³/mol. The van der Waals surface area contributed by atoms with Gasteiger partial charge >= 0.3 is 5.97 Å². The molecule has 31 heavy (non-hydrogen) atoms. The Balaban J connectivity index is 1.81. The summed E-state index contributed by atoms with van der Waals surface area (Å²) in [6.45, 7) is 5.46. The van der Waals surface area contributed by atoms with E-state index in [4.69, 9.17) is 4.74 Å². The third-order valence-corrected chi connectivity index (χ3v) is 6.65. The van der Waals surface area contributed by atoms with Crippen LogP contribution in [-0.4, -0.2) is 17.1 Å². The molecule has 1 aromatic carbocycles. The number of hydrogen-bond donors (Lipinski definition) is 0. The second-order valence-corrected chi connectivity index (χ2v) is 8.76. The molecule has 0 N–H and O–H groups in total. The van der Waals surface area contributed by atoms with Crippen molar-refractivity contribution in [3.05, 3.63) is 108 Å². The van der Waals surface area contributed by atoms with E-state index in [1.165, 1.54) is 28.7 Å². The second kappa shape index (κ2) is 9.24. The number of nitrogens with zero attached hydrogens (tertiary/aromatic N) is 2. The molecule has 2 aromatic heterocycles. The minimum atomic E-state index is -0.561. The molecule has 1 atom stereocenters. The van der Waals surface area contributed by atoms with Gasteiger partial charge in [-0.25, -0.2) is 9.79 Å². The second-order valence-electron chi connectivity index (χ2n) is 6.78. The van der Waals surface area contributed by atoms with Crippen LogP contribution in [-0.2, 0) is 9.53 Å². The number of allylic oxidation sites excluding steroid dienone is 2. The molecule has 0 aliphatic carbocycles. The molecule has 0 saturated heterocycles. The Labute approximate surface area is 187 Å². The van der Waals surface area contributed by atoms with Crippen molar-refractivity contribution in [2.45, 2.75) is 13.0 Å². The number of ether oxygens (including phenoxy) is 1. The summed E-state index contributed by atoms with van der Waals surface area (Å²) < 4.78 is 7.45. The van der Waals surface area contributed by atoms with Crippen LogP contribution in [0.4, 0.5) is 0 Å². The fourth-order valence-electron chi connectivity index (χ4n) is 3.34. The first kappa shape index (κ1) is 21.0. The summed E-state index contributed by atoms with van der Waals surface area (Å²) in [5.74, 6) is -0.488. The molecule has 0 amide bonds. The van der Waals surface area contributed by atoms with Gasteiger partial charge in [0.1, 0.15) is 12.6 Å². The summed E-state index contributed by atoms with van der Waals surface area (Å²) in [5.41, 5.74) is 1.80. The lowest BCUT2D eigenvalue weighted by Gasteiger charge is -2.23. The lowest BCUT2D eigenvalue weighted by Crippen LogP contribution is -2.39. The quantitative estimate of drug-likeness (QED) is 0.427. The van der Waals surface area contributed by atoms with E-state index >= 15 is 0 Å². The molecule has 1 aliphatic rings. The van der Waals surface area contributed by atoms with Gasteiger partial charge in [-0.1, -0.05) is 72.5 Å². The smallest absolute Gasteiger partial charge is 0.338 e. The van der Waals surface area contributed by atoms with Crippen LogP contribution in [0, 0.1) is 0 Å². The zero-order valence-corrected chi connectivity index (χ0v) is 18.5. The number of hydrogen-bond acceptors (Lipinski definition) is 6. The number of esters is 1. The number of rotatable bonds is 6. The zero-order valence-electron chi connectivity index (χ0n) is 16.9. The molecular formula is C24H20N2O3S2. The van der Waals surface area contributed by atoms with Crippen molar-refractivity contribution < 1.29 is 9.53 Å². The van der Waals surface area contributed by atoms with Crippen LogP contribution < -0.4 is 14.9 Å². The minimum Gasteiger partial charge on any atom is -0.458 e. The van der Waals surface area contributed by atoms with Crippen molar-refractivity contribution in [2.75, 3.05) is 6.61 Å². The fraction of sp³-hybridized carbons (Fsp3) is 0.125. The Hall–Kier alpha value is -3.29. The number of aromatic nitrogens is 1. The average Bonchev–Trinajstić information content (AvgIpc) is 3.41. The molecule has 3 aromatic rings. The van der Waals surface area contributed by atoms with Crippen LogP contribution in [0.1, 0.15) is 23.4 Å². The normalized spacial score (nSPS) is 16.3. The van der Waals surface area contributed by atoms with Crippen molar-refractivity contribution in [3.8, 4) is 0 Å². The van der Waals surface area contributed by atoms with E-state index in [1.54, 1.807) is 17.6 Å². The summed E-state index contributed by atoms with van der Waals surface area (Å²) in [7, 11) is 0. The maximum Gasteiger partial charge on any atom is 0.338 e. The topological polar surface area (TPSA) is 60.7 Å². The Kier molecular flexibility index (Phi) is 6.25. The van der Waals surface area contributed by atoms with Gasteiger partial charge < -0.3 is 4.74 Å². The molecule has 0 fully saturated rings. The van der Waals surface area contributed by atoms with Crippen molar-refractivity contribution in [3.63, 3.8) is 0 Å². The first-order valence-electron chi connectivity index (χ1n) is 9.66. The Morgan fingerprint density at radius 1 is 1.26 bits per heavy atom. The molecule has 0 unspecified atom stereocenters. The van der Waals surface area contributed by atoms with Crippen LogP contribution in [0.3, 0.4) is 0 Å². The van der Waals surface area contributed by atoms with Gasteiger partial charge in [-0.05, 0) is 30.0 Å². The summed E-state index contributed by atoms with van der Waals surface area (Å²) >= 11 is 2.80. The Morgan fingerprint density at radius 2 is 2.06 bits per heavy atom. The highest BCUT2D eigenvalue weighted by Gasteiger charge is 2.33. The number of carbonyl (C=O) groups excluding carboxylic acids is 1. The monoisotopic (exact) mass is 448 g/mol. The SMILES string of the molecule is C=CCOC(=O)C1=C(C)N=c2s/c(=C\C=C\c3ccccc3)c(=O)n2[C@@H]1c1cccs1. The lowest BCUT2D eigenvalue weighted by molar-refractivity contribution is -0.138. The number of benzene rings is 1.